The van der Waals surface area contributed by atoms with E-state index in [0.29, 0.717) is 21.6 Å². The van der Waals surface area contributed by atoms with Crippen molar-refractivity contribution in [3.8, 4) is 5.69 Å². The Hall–Kier alpha value is -2.80. The van der Waals surface area contributed by atoms with Gasteiger partial charge in [-0.3, -0.25) is 9.59 Å². The molecular weight excluding hydrogens is 348 g/mol. The standard InChI is InChI=1S/C19H16N4O2S/c1-11-16(24)23-18-15(13-9-5-6-10-14(13)26-18)17(25)22(19(23)21-20-11)12-7-3-2-4-8-12/h2-4,7-8H,5-6,9-10H2,1H3. The molecule has 1 aliphatic carbocycles. The minimum Gasteiger partial charge on any atom is -0.268 e. The molecule has 6 nitrogen and oxygen atoms in total. The summed E-state index contributed by atoms with van der Waals surface area (Å²) in [6.45, 7) is 1.65. The van der Waals surface area contributed by atoms with Crippen LogP contribution >= 0.6 is 11.3 Å². The molecule has 3 aromatic heterocycles. The van der Waals surface area contributed by atoms with Crippen molar-refractivity contribution >= 4 is 27.3 Å². The second kappa shape index (κ2) is 5.60. The Morgan fingerprint density at radius 3 is 2.58 bits per heavy atom. The predicted octanol–water partition coefficient (Wildman–Crippen LogP) is 2.64. The maximum atomic E-state index is 13.5. The Morgan fingerprint density at radius 1 is 1.00 bits per heavy atom. The molecule has 1 aromatic carbocycles. The highest BCUT2D eigenvalue weighted by atomic mass is 32.1. The number of aryl methyl sites for hydroxylation is 3. The first-order valence-corrected chi connectivity index (χ1v) is 9.49. The molecule has 0 amide bonds. The molecule has 0 saturated heterocycles. The number of hydrogen-bond acceptors (Lipinski definition) is 5. The average molecular weight is 364 g/mol. The molecule has 7 heteroatoms. The topological polar surface area (TPSA) is 69.3 Å². The normalized spacial score (nSPS) is 14.0. The van der Waals surface area contributed by atoms with Gasteiger partial charge in [-0.25, -0.2) is 8.97 Å². The van der Waals surface area contributed by atoms with E-state index in [1.807, 2.05) is 30.3 Å². The van der Waals surface area contributed by atoms with E-state index >= 15 is 0 Å². The van der Waals surface area contributed by atoms with Crippen molar-refractivity contribution in [2.45, 2.75) is 32.6 Å². The van der Waals surface area contributed by atoms with Crippen molar-refractivity contribution < 1.29 is 0 Å². The van der Waals surface area contributed by atoms with Crippen molar-refractivity contribution in [3.63, 3.8) is 0 Å². The van der Waals surface area contributed by atoms with Crippen LogP contribution in [0.25, 0.3) is 21.7 Å². The number of rotatable bonds is 1. The molecular formula is C19H16N4O2S. The maximum Gasteiger partial charge on any atom is 0.281 e. The van der Waals surface area contributed by atoms with Gasteiger partial charge in [0.15, 0.2) is 0 Å². The third kappa shape index (κ3) is 2.03. The molecule has 0 fully saturated rings. The Morgan fingerprint density at radius 2 is 1.77 bits per heavy atom. The van der Waals surface area contributed by atoms with Crippen LogP contribution in [0.2, 0.25) is 0 Å². The summed E-state index contributed by atoms with van der Waals surface area (Å²) in [7, 11) is 0. The molecule has 0 radical (unpaired) electrons. The third-order valence-corrected chi connectivity index (χ3v) is 6.27. The van der Waals surface area contributed by atoms with Gasteiger partial charge < -0.3 is 0 Å². The predicted molar refractivity (Wildman–Crippen MR) is 102 cm³/mol. The first kappa shape index (κ1) is 15.5. The molecule has 0 saturated carbocycles. The minimum atomic E-state index is -0.219. The van der Waals surface area contributed by atoms with Gasteiger partial charge in [0.2, 0.25) is 5.78 Å². The van der Waals surface area contributed by atoms with Crippen LogP contribution in [0.4, 0.5) is 0 Å². The molecule has 4 aromatic rings. The first-order chi connectivity index (χ1) is 12.7. The van der Waals surface area contributed by atoms with Crippen LogP contribution in [-0.4, -0.2) is 19.2 Å². The Balaban J connectivity index is 2.07. The van der Waals surface area contributed by atoms with Gasteiger partial charge in [-0.1, -0.05) is 18.2 Å². The van der Waals surface area contributed by atoms with Gasteiger partial charge in [-0.2, -0.15) is 0 Å². The summed E-state index contributed by atoms with van der Waals surface area (Å²) in [4.78, 5) is 28.3. The van der Waals surface area contributed by atoms with Gasteiger partial charge in [-0.15, -0.1) is 21.5 Å². The lowest BCUT2D eigenvalue weighted by Gasteiger charge is -2.13. The van der Waals surface area contributed by atoms with Gasteiger partial charge in [0.1, 0.15) is 10.5 Å². The number of nitrogens with zero attached hydrogens (tertiary/aromatic N) is 4. The highest BCUT2D eigenvalue weighted by molar-refractivity contribution is 7.18. The zero-order valence-electron chi connectivity index (χ0n) is 14.2. The molecule has 0 bridgehead atoms. The van der Waals surface area contributed by atoms with Crippen LogP contribution in [0.3, 0.4) is 0 Å². The summed E-state index contributed by atoms with van der Waals surface area (Å²) in [5.41, 5.74) is 1.78. The van der Waals surface area contributed by atoms with Crippen LogP contribution in [0.15, 0.2) is 39.9 Å². The number of para-hydroxylation sites is 1. The van der Waals surface area contributed by atoms with Gasteiger partial charge in [-0.05, 0) is 50.3 Å². The van der Waals surface area contributed by atoms with E-state index in [4.69, 9.17) is 0 Å². The highest BCUT2D eigenvalue weighted by Gasteiger charge is 2.24. The van der Waals surface area contributed by atoms with Crippen LogP contribution < -0.4 is 11.1 Å². The summed E-state index contributed by atoms with van der Waals surface area (Å²) in [6, 6.07) is 9.32. The number of thiophene rings is 1. The quantitative estimate of drug-likeness (QED) is 0.521. The fraction of sp³-hybridized carbons (Fsp3) is 0.263. The zero-order valence-corrected chi connectivity index (χ0v) is 15.0. The number of aromatic nitrogens is 4. The Bertz CT molecular complexity index is 1280. The van der Waals surface area contributed by atoms with E-state index < -0.39 is 0 Å². The SMILES string of the molecule is Cc1nnc2n(-c3ccccc3)c(=O)c3c4c(sc3n2c1=O)CCCC4. The van der Waals surface area contributed by atoms with Gasteiger partial charge >= 0.3 is 0 Å². The molecule has 5 rings (SSSR count). The van der Waals surface area contributed by atoms with Crippen LogP contribution in [0, 0.1) is 6.92 Å². The molecule has 0 spiro atoms. The lowest BCUT2D eigenvalue weighted by molar-refractivity contribution is 0.699. The number of benzene rings is 1. The number of hydrogen-bond donors (Lipinski definition) is 0. The van der Waals surface area contributed by atoms with Crippen molar-refractivity contribution in [3.05, 3.63) is 67.2 Å². The van der Waals surface area contributed by atoms with Crippen molar-refractivity contribution in [2.75, 3.05) is 0 Å². The second-order valence-electron chi connectivity index (χ2n) is 6.59. The summed E-state index contributed by atoms with van der Waals surface area (Å²) in [5, 5.41) is 8.86. The van der Waals surface area contributed by atoms with Crippen molar-refractivity contribution in [2.24, 2.45) is 0 Å². The van der Waals surface area contributed by atoms with Crippen molar-refractivity contribution in [1.29, 1.82) is 0 Å². The first-order valence-electron chi connectivity index (χ1n) is 8.67. The molecule has 1 aliphatic rings. The van der Waals surface area contributed by atoms with Crippen LogP contribution in [0.1, 0.15) is 29.0 Å². The Kier molecular flexibility index (Phi) is 3.33. The van der Waals surface area contributed by atoms with E-state index in [9.17, 15) is 9.59 Å². The zero-order chi connectivity index (χ0) is 17.8. The minimum absolute atomic E-state index is 0.122. The molecule has 26 heavy (non-hydrogen) atoms. The molecule has 0 aliphatic heterocycles. The summed E-state index contributed by atoms with van der Waals surface area (Å²) >= 11 is 1.55. The second-order valence-corrected chi connectivity index (χ2v) is 7.68. The number of fused-ring (bicyclic) bond motifs is 5. The summed E-state index contributed by atoms with van der Waals surface area (Å²) < 4.78 is 3.08. The highest BCUT2D eigenvalue weighted by Crippen LogP contribution is 2.34. The van der Waals surface area contributed by atoms with E-state index in [-0.39, 0.29) is 16.9 Å². The molecule has 3 heterocycles. The Labute approximate surface area is 152 Å². The van der Waals surface area contributed by atoms with E-state index in [1.54, 1.807) is 22.7 Å². The van der Waals surface area contributed by atoms with E-state index in [2.05, 4.69) is 10.2 Å². The largest absolute Gasteiger partial charge is 0.281 e. The van der Waals surface area contributed by atoms with Gasteiger partial charge in [0, 0.05) is 4.88 Å². The molecule has 0 N–H and O–H groups in total. The lowest BCUT2D eigenvalue weighted by Crippen LogP contribution is -2.29. The summed E-state index contributed by atoms with van der Waals surface area (Å²) in [5.74, 6) is 0.267. The van der Waals surface area contributed by atoms with E-state index in [0.717, 1.165) is 31.2 Å². The average Bonchev–Trinajstić information content (AvgIpc) is 3.05. The van der Waals surface area contributed by atoms with Gasteiger partial charge in [0.25, 0.3) is 11.1 Å². The van der Waals surface area contributed by atoms with E-state index in [1.165, 1.54) is 9.44 Å². The van der Waals surface area contributed by atoms with Crippen LogP contribution in [0.5, 0.6) is 0 Å². The molecule has 130 valence electrons. The third-order valence-electron chi connectivity index (χ3n) is 4.99. The van der Waals surface area contributed by atoms with Gasteiger partial charge in [0.05, 0.1) is 11.1 Å². The summed E-state index contributed by atoms with van der Waals surface area (Å²) in [6.07, 6.45) is 4.05. The van der Waals surface area contributed by atoms with Crippen LogP contribution in [-0.2, 0) is 12.8 Å². The fourth-order valence-electron chi connectivity index (χ4n) is 3.73. The fourth-order valence-corrected chi connectivity index (χ4v) is 5.11. The molecule has 0 atom stereocenters. The molecule has 0 unspecified atom stereocenters. The maximum absolute atomic E-state index is 13.5. The lowest BCUT2D eigenvalue weighted by atomic mass is 9.97. The smallest absolute Gasteiger partial charge is 0.268 e. The van der Waals surface area contributed by atoms with Crippen molar-refractivity contribution in [1.82, 2.24) is 19.2 Å². The monoisotopic (exact) mass is 364 g/mol.